The van der Waals surface area contributed by atoms with Gasteiger partial charge in [-0.1, -0.05) is 50.9 Å². The Bertz CT molecular complexity index is 727. The number of aromatic nitrogens is 2. The zero-order chi connectivity index (χ0) is 13.2. The second kappa shape index (κ2) is 5.15. The van der Waals surface area contributed by atoms with Gasteiger partial charge >= 0.3 is 0 Å². The Labute approximate surface area is 123 Å². The fraction of sp³-hybridized carbons (Fsp3) is 0. The number of benzene rings is 2. The van der Waals surface area contributed by atoms with Crippen molar-refractivity contribution in [3.05, 3.63) is 58.0 Å². The predicted octanol–water partition coefficient (Wildman–Crippen LogP) is 4.82. The quantitative estimate of drug-likeness (QED) is 0.674. The monoisotopic (exact) mass is 334 g/mol. The Morgan fingerprint density at radius 3 is 2.68 bits per heavy atom. The Kier molecular flexibility index (Phi) is 3.36. The van der Waals surface area contributed by atoms with E-state index >= 15 is 0 Å². The molecule has 0 unspecified atom stereocenters. The summed E-state index contributed by atoms with van der Waals surface area (Å²) in [6.07, 6.45) is 0. The van der Waals surface area contributed by atoms with Crippen LogP contribution in [0.5, 0.6) is 0 Å². The highest BCUT2D eigenvalue weighted by Gasteiger charge is 2.12. The van der Waals surface area contributed by atoms with E-state index in [1.165, 1.54) is 0 Å². The van der Waals surface area contributed by atoms with Crippen LogP contribution < -0.4 is 0 Å². The first-order valence-electron chi connectivity index (χ1n) is 5.58. The number of halogens is 2. The van der Waals surface area contributed by atoms with Crippen LogP contribution in [0.15, 0.2) is 57.5 Å². The van der Waals surface area contributed by atoms with Crippen LogP contribution in [-0.4, -0.2) is 10.1 Å². The van der Waals surface area contributed by atoms with Gasteiger partial charge in [-0.3, -0.25) is 0 Å². The average Bonchev–Trinajstić information content (AvgIpc) is 2.89. The van der Waals surface area contributed by atoms with E-state index in [9.17, 15) is 0 Å². The van der Waals surface area contributed by atoms with E-state index in [-0.39, 0.29) is 0 Å². The summed E-state index contributed by atoms with van der Waals surface area (Å²) in [5.74, 6) is 0.996. The molecule has 19 heavy (non-hydrogen) atoms. The van der Waals surface area contributed by atoms with Gasteiger partial charge in [0, 0.05) is 20.6 Å². The molecule has 0 fully saturated rings. The fourth-order valence-electron chi connectivity index (χ4n) is 1.71. The zero-order valence-electron chi connectivity index (χ0n) is 9.68. The Hall–Kier alpha value is -1.65. The summed E-state index contributed by atoms with van der Waals surface area (Å²) in [5.41, 5.74) is 1.69. The third-order valence-corrected chi connectivity index (χ3v) is 3.54. The molecule has 0 amide bonds. The van der Waals surface area contributed by atoms with Crippen LogP contribution in [-0.2, 0) is 0 Å². The first kappa shape index (κ1) is 12.4. The second-order valence-corrected chi connectivity index (χ2v) is 5.20. The third kappa shape index (κ3) is 2.55. The molecule has 3 rings (SSSR count). The molecule has 3 nitrogen and oxygen atoms in total. The van der Waals surface area contributed by atoms with Crippen molar-refractivity contribution in [2.45, 2.75) is 0 Å². The molecular formula is C14H8BrClN2O. The van der Waals surface area contributed by atoms with Crippen LogP contribution in [0.25, 0.3) is 22.8 Å². The van der Waals surface area contributed by atoms with E-state index in [2.05, 4.69) is 26.1 Å². The van der Waals surface area contributed by atoms with E-state index in [0.29, 0.717) is 16.7 Å². The third-order valence-electron chi connectivity index (χ3n) is 2.61. The molecule has 1 aromatic heterocycles. The molecule has 3 aromatic rings. The molecule has 0 N–H and O–H groups in total. The van der Waals surface area contributed by atoms with Crippen LogP contribution >= 0.6 is 27.5 Å². The van der Waals surface area contributed by atoms with Crippen LogP contribution in [0.2, 0.25) is 5.02 Å². The van der Waals surface area contributed by atoms with Crippen molar-refractivity contribution in [2.24, 2.45) is 0 Å². The van der Waals surface area contributed by atoms with Crippen molar-refractivity contribution >= 4 is 27.5 Å². The van der Waals surface area contributed by atoms with Gasteiger partial charge in [0.2, 0.25) is 5.82 Å². The van der Waals surface area contributed by atoms with Gasteiger partial charge < -0.3 is 4.52 Å². The summed E-state index contributed by atoms with van der Waals surface area (Å²) >= 11 is 9.41. The number of rotatable bonds is 2. The molecular weight excluding hydrogens is 328 g/mol. The maximum atomic E-state index is 5.95. The molecule has 0 aliphatic carbocycles. The molecule has 0 saturated heterocycles. The Morgan fingerprint density at radius 1 is 1.05 bits per heavy atom. The topological polar surface area (TPSA) is 38.9 Å². The summed E-state index contributed by atoms with van der Waals surface area (Å²) in [7, 11) is 0. The van der Waals surface area contributed by atoms with Crippen molar-refractivity contribution in [1.82, 2.24) is 10.1 Å². The van der Waals surface area contributed by atoms with Crippen LogP contribution in [0.3, 0.4) is 0 Å². The highest BCUT2D eigenvalue weighted by atomic mass is 79.9. The van der Waals surface area contributed by atoms with E-state index in [0.717, 1.165) is 15.6 Å². The van der Waals surface area contributed by atoms with Crippen molar-refractivity contribution < 1.29 is 4.52 Å². The first-order valence-corrected chi connectivity index (χ1v) is 6.76. The van der Waals surface area contributed by atoms with Crippen molar-refractivity contribution in [3.63, 3.8) is 0 Å². The lowest BCUT2D eigenvalue weighted by molar-refractivity contribution is 0.432. The van der Waals surface area contributed by atoms with E-state index in [1.54, 1.807) is 12.1 Å². The highest BCUT2D eigenvalue weighted by Crippen LogP contribution is 2.28. The molecule has 94 valence electrons. The Balaban J connectivity index is 2.03. The summed E-state index contributed by atoms with van der Waals surface area (Å²) in [5, 5.41) is 4.63. The second-order valence-electron chi connectivity index (χ2n) is 3.91. The molecule has 5 heteroatoms. The fourth-order valence-corrected chi connectivity index (χ4v) is 2.37. The first-order chi connectivity index (χ1) is 9.24. The van der Waals surface area contributed by atoms with Gasteiger partial charge in [-0.25, -0.2) is 0 Å². The van der Waals surface area contributed by atoms with Gasteiger partial charge in [-0.15, -0.1) is 0 Å². The molecule has 2 aromatic carbocycles. The number of nitrogens with zero attached hydrogens (tertiary/aromatic N) is 2. The van der Waals surface area contributed by atoms with Crippen LogP contribution in [0.4, 0.5) is 0 Å². The normalized spacial score (nSPS) is 10.6. The lowest BCUT2D eigenvalue weighted by Crippen LogP contribution is -1.82. The van der Waals surface area contributed by atoms with Gasteiger partial charge in [-0.05, 0) is 30.3 Å². The lowest BCUT2D eigenvalue weighted by Gasteiger charge is -1.96. The van der Waals surface area contributed by atoms with Crippen LogP contribution in [0.1, 0.15) is 0 Å². The minimum absolute atomic E-state index is 0.452. The highest BCUT2D eigenvalue weighted by molar-refractivity contribution is 9.10. The SMILES string of the molecule is Clc1cccc(-c2nc(-c3ccccc3Br)no2)c1. The molecule has 0 spiro atoms. The molecule has 0 aliphatic heterocycles. The lowest BCUT2D eigenvalue weighted by atomic mass is 10.2. The van der Waals surface area contributed by atoms with E-state index in [4.69, 9.17) is 16.1 Å². The van der Waals surface area contributed by atoms with Gasteiger partial charge in [0.05, 0.1) is 0 Å². The molecule has 0 aliphatic rings. The maximum Gasteiger partial charge on any atom is 0.258 e. The largest absolute Gasteiger partial charge is 0.334 e. The summed E-state index contributed by atoms with van der Waals surface area (Å²) in [6.45, 7) is 0. The van der Waals surface area contributed by atoms with Gasteiger partial charge in [0.15, 0.2) is 0 Å². The van der Waals surface area contributed by atoms with Crippen molar-refractivity contribution in [2.75, 3.05) is 0 Å². The zero-order valence-corrected chi connectivity index (χ0v) is 12.0. The standard InChI is InChI=1S/C14H8BrClN2O/c15-12-7-2-1-6-11(12)13-17-14(19-18-13)9-4-3-5-10(16)8-9/h1-8H. The van der Waals surface area contributed by atoms with Gasteiger partial charge in [0.1, 0.15) is 0 Å². The Morgan fingerprint density at radius 2 is 1.89 bits per heavy atom. The average molecular weight is 336 g/mol. The van der Waals surface area contributed by atoms with E-state index in [1.807, 2.05) is 36.4 Å². The van der Waals surface area contributed by atoms with Crippen molar-refractivity contribution in [3.8, 4) is 22.8 Å². The maximum absolute atomic E-state index is 5.95. The molecule has 1 heterocycles. The minimum Gasteiger partial charge on any atom is -0.334 e. The molecule has 0 radical (unpaired) electrons. The summed E-state index contributed by atoms with van der Waals surface area (Å²) in [6, 6.07) is 15.0. The van der Waals surface area contributed by atoms with Gasteiger partial charge in [-0.2, -0.15) is 4.98 Å². The number of hydrogen-bond acceptors (Lipinski definition) is 3. The summed E-state index contributed by atoms with van der Waals surface area (Å²) < 4.78 is 6.20. The molecule has 0 saturated carbocycles. The molecule has 0 bridgehead atoms. The van der Waals surface area contributed by atoms with Crippen LogP contribution in [0, 0.1) is 0 Å². The van der Waals surface area contributed by atoms with E-state index < -0.39 is 0 Å². The minimum atomic E-state index is 0.452. The summed E-state index contributed by atoms with van der Waals surface area (Å²) in [4.78, 5) is 4.39. The van der Waals surface area contributed by atoms with Gasteiger partial charge in [0.25, 0.3) is 5.89 Å². The smallest absolute Gasteiger partial charge is 0.258 e. The van der Waals surface area contributed by atoms with Crippen molar-refractivity contribution in [1.29, 1.82) is 0 Å². The predicted molar refractivity (Wildman–Crippen MR) is 77.9 cm³/mol. The molecule has 0 atom stereocenters. The number of hydrogen-bond donors (Lipinski definition) is 0.